The van der Waals surface area contributed by atoms with Gasteiger partial charge in [0.2, 0.25) is 5.91 Å². The maximum atomic E-state index is 11.6. The first kappa shape index (κ1) is 13.2. The number of carbonyl (C=O) groups is 2. The molecule has 102 valence electrons. The number of ether oxygens (including phenoxy) is 1. The van der Waals surface area contributed by atoms with Crippen molar-refractivity contribution < 1.29 is 29.6 Å². The molecule has 0 aromatic heterocycles. The van der Waals surface area contributed by atoms with Crippen LogP contribution >= 0.6 is 0 Å². The summed E-state index contributed by atoms with van der Waals surface area (Å²) < 4.78 is 5.33. The molecule has 0 saturated carbocycles. The van der Waals surface area contributed by atoms with Gasteiger partial charge >= 0.3 is 6.03 Å². The molecule has 8 nitrogen and oxygen atoms in total. The smallest absolute Gasteiger partial charge is 0.326 e. The zero-order chi connectivity index (χ0) is 13.3. The summed E-state index contributed by atoms with van der Waals surface area (Å²) in [6.45, 7) is -0.666. The van der Waals surface area contributed by atoms with E-state index in [1.54, 1.807) is 0 Å². The van der Waals surface area contributed by atoms with Gasteiger partial charge < -0.3 is 20.1 Å². The zero-order valence-corrected chi connectivity index (χ0v) is 9.65. The van der Waals surface area contributed by atoms with Gasteiger partial charge in [-0.2, -0.15) is 0 Å². The fourth-order valence-electron chi connectivity index (χ4n) is 2.14. The number of aliphatic hydroxyl groups excluding tert-OH is 3. The Morgan fingerprint density at radius 2 is 2.06 bits per heavy atom. The largest absolute Gasteiger partial charge is 0.395 e. The van der Waals surface area contributed by atoms with Crippen molar-refractivity contribution >= 4 is 11.9 Å². The fourth-order valence-corrected chi connectivity index (χ4v) is 2.14. The molecular formula is C10H16N2O6. The van der Waals surface area contributed by atoms with Crippen LogP contribution in [-0.4, -0.2) is 70.4 Å². The van der Waals surface area contributed by atoms with Crippen LogP contribution in [0.3, 0.4) is 0 Å². The van der Waals surface area contributed by atoms with Gasteiger partial charge in [-0.3, -0.25) is 15.0 Å². The lowest BCUT2D eigenvalue weighted by Crippen LogP contribution is -2.58. The Morgan fingerprint density at radius 3 is 2.61 bits per heavy atom. The lowest BCUT2D eigenvalue weighted by molar-refractivity contribution is -0.130. The van der Waals surface area contributed by atoms with Crippen LogP contribution in [0.2, 0.25) is 0 Å². The number of nitrogens with one attached hydrogen (secondary N) is 1. The van der Waals surface area contributed by atoms with Gasteiger partial charge in [0.1, 0.15) is 12.3 Å². The van der Waals surface area contributed by atoms with Crippen LogP contribution in [0, 0.1) is 5.92 Å². The summed E-state index contributed by atoms with van der Waals surface area (Å²) in [5.74, 6) is -1.22. The van der Waals surface area contributed by atoms with Crippen molar-refractivity contribution in [3.8, 4) is 0 Å². The molecule has 2 aliphatic rings. The number of imide groups is 1. The minimum Gasteiger partial charge on any atom is -0.395 e. The monoisotopic (exact) mass is 260 g/mol. The number of urea groups is 1. The molecule has 0 aromatic rings. The quantitative estimate of drug-likeness (QED) is 0.449. The molecule has 2 saturated heterocycles. The first-order valence-electron chi connectivity index (χ1n) is 5.73. The van der Waals surface area contributed by atoms with Crippen LogP contribution in [0.25, 0.3) is 0 Å². The predicted octanol–water partition coefficient (Wildman–Crippen LogP) is -2.39. The van der Waals surface area contributed by atoms with Crippen molar-refractivity contribution in [2.75, 3.05) is 19.8 Å². The summed E-state index contributed by atoms with van der Waals surface area (Å²) >= 11 is 0. The van der Waals surface area contributed by atoms with Crippen LogP contribution in [0.1, 0.15) is 6.42 Å². The second-order valence-corrected chi connectivity index (χ2v) is 4.44. The third-order valence-corrected chi connectivity index (χ3v) is 3.23. The second-order valence-electron chi connectivity index (χ2n) is 4.44. The van der Waals surface area contributed by atoms with E-state index >= 15 is 0 Å². The van der Waals surface area contributed by atoms with Crippen LogP contribution in [0.15, 0.2) is 0 Å². The number of hydrogen-bond acceptors (Lipinski definition) is 6. The van der Waals surface area contributed by atoms with E-state index in [1.165, 1.54) is 4.90 Å². The molecule has 0 aliphatic carbocycles. The molecule has 2 fully saturated rings. The molecule has 3 amide bonds. The molecule has 0 radical (unpaired) electrons. The molecule has 8 heteroatoms. The summed E-state index contributed by atoms with van der Waals surface area (Å²) in [5, 5.41) is 29.7. The zero-order valence-electron chi connectivity index (χ0n) is 9.65. The Balaban J connectivity index is 2.04. The summed E-state index contributed by atoms with van der Waals surface area (Å²) in [6.07, 6.45) is -2.10. The minimum atomic E-state index is -0.849. The van der Waals surface area contributed by atoms with Crippen molar-refractivity contribution in [3.63, 3.8) is 0 Å². The Bertz CT molecular complexity index is 349. The third kappa shape index (κ3) is 2.32. The number of amides is 3. The fraction of sp³-hybridized carbons (Fsp3) is 0.800. The Kier molecular flexibility index (Phi) is 3.81. The van der Waals surface area contributed by atoms with Gasteiger partial charge in [-0.25, -0.2) is 4.79 Å². The molecule has 0 aromatic carbocycles. The van der Waals surface area contributed by atoms with E-state index in [4.69, 9.17) is 14.9 Å². The maximum absolute atomic E-state index is 11.6. The van der Waals surface area contributed by atoms with Crippen molar-refractivity contribution in [1.82, 2.24) is 10.2 Å². The molecule has 4 atom stereocenters. The van der Waals surface area contributed by atoms with E-state index in [2.05, 4.69) is 5.32 Å². The topological polar surface area (TPSA) is 119 Å². The van der Waals surface area contributed by atoms with Crippen molar-refractivity contribution in [3.05, 3.63) is 0 Å². The van der Waals surface area contributed by atoms with Crippen LogP contribution in [0.4, 0.5) is 4.79 Å². The SMILES string of the molecule is O=C1NC(=O)N(C2CC(O)C(CO)O2)CC1CO. The lowest BCUT2D eigenvalue weighted by atomic mass is 10.1. The number of aliphatic hydroxyl groups is 3. The van der Waals surface area contributed by atoms with E-state index in [-0.39, 0.29) is 26.2 Å². The van der Waals surface area contributed by atoms with E-state index in [1.807, 2.05) is 0 Å². The second kappa shape index (κ2) is 5.19. The molecule has 4 unspecified atom stereocenters. The highest BCUT2D eigenvalue weighted by molar-refractivity contribution is 5.98. The molecular weight excluding hydrogens is 244 g/mol. The first-order valence-corrected chi connectivity index (χ1v) is 5.73. The average Bonchev–Trinajstić information content (AvgIpc) is 2.70. The van der Waals surface area contributed by atoms with Crippen LogP contribution < -0.4 is 5.32 Å². The highest BCUT2D eigenvalue weighted by Crippen LogP contribution is 2.25. The Labute approximate surface area is 103 Å². The average molecular weight is 260 g/mol. The van der Waals surface area contributed by atoms with Gasteiger partial charge in [0.15, 0.2) is 0 Å². The van der Waals surface area contributed by atoms with E-state index < -0.39 is 36.3 Å². The Hall–Kier alpha value is -1.22. The van der Waals surface area contributed by atoms with Crippen molar-refractivity contribution in [2.45, 2.75) is 24.9 Å². The maximum Gasteiger partial charge on any atom is 0.326 e. The molecule has 18 heavy (non-hydrogen) atoms. The molecule has 2 aliphatic heterocycles. The number of carbonyl (C=O) groups excluding carboxylic acids is 2. The molecule has 0 spiro atoms. The number of hydrogen-bond donors (Lipinski definition) is 4. The van der Waals surface area contributed by atoms with Gasteiger partial charge in [0, 0.05) is 13.0 Å². The molecule has 2 heterocycles. The van der Waals surface area contributed by atoms with Gasteiger partial charge in [-0.15, -0.1) is 0 Å². The van der Waals surface area contributed by atoms with E-state index in [9.17, 15) is 14.7 Å². The highest BCUT2D eigenvalue weighted by atomic mass is 16.5. The van der Waals surface area contributed by atoms with Crippen LogP contribution in [0.5, 0.6) is 0 Å². The summed E-state index contributed by atoms with van der Waals surface area (Å²) in [7, 11) is 0. The van der Waals surface area contributed by atoms with Gasteiger partial charge in [0.25, 0.3) is 0 Å². The van der Waals surface area contributed by atoms with E-state index in [0.29, 0.717) is 0 Å². The summed E-state index contributed by atoms with van der Waals surface area (Å²) in [4.78, 5) is 24.2. The van der Waals surface area contributed by atoms with Crippen molar-refractivity contribution in [1.29, 1.82) is 0 Å². The Morgan fingerprint density at radius 1 is 1.33 bits per heavy atom. The lowest BCUT2D eigenvalue weighted by Gasteiger charge is -2.34. The van der Waals surface area contributed by atoms with Crippen molar-refractivity contribution in [2.24, 2.45) is 5.92 Å². The normalized spacial score (nSPS) is 36.9. The van der Waals surface area contributed by atoms with E-state index in [0.717, 1.165) is 0 Å². The van der Waals surface area contributed by atoms with Gasteiger partial charge in [-0.05, 0) is 0 Å². The van der Waals surface area contributed by atoms with Gasteiger partial charge in [0.05, 0.1) is 25.2 Å². The minimum absolute atomic E-state index is 0.0384. The predicted molar refractivity (Wildman–Crippen MR) is 57.2 cm³/mol. The highest BCUT2D eigenvalue weighted by Gasteiger charge is 2.42. The molecule has 2 rings (SSSR count). The first-order chi connectivity index (χ1) is 8.56. The van der Waals surface area contributed by atoms with Gasteiger partial charge in [-0.1, -0.05) is 0 Å². The molecule has 4 N–H and O–H groups in total. The molecule has 0 bridgehead atoms. The summed E-state index contributed by atoms with van der Waals surface area (Å²) in [6, 6.07) is -0.611. The third-order valence-electron chi connectivity index (χ3n) is 3.23. The van der Waals surface area contributed by atoms with Crippen LogP contribution in [-0.2, 0) is 9.53 Å². The number of rotatable bonds is 3. The summed E-state index contributed by atoms with van der Waals surface area (Å²) in [5.41, 5.74) is 0. The number of nitrogens with zero attached hydrogens (tertiary/aromatic N) is 1. The standard InChI is InChI=1S/C10H16N2O6/c13-3-5-2-12(10(17)11-9(5)16)8-1-6(15)7(4-14)18-8/h5-8,13-15H,1-4H2,(H,11,16,17).